The Morgan fingerprint density at radius 1 is 1.52 bits per heavy atom. The zero-order valence-corrected chi connectivity index (χ0v) is 14.0. The molecule has 7 heteroatoms. The van der Waals surface area contributed by atoms with Gasteiger partial charge >= 0.3 is 13.6 Å². The maximum absolute atomic E-state index is 11.4. The highest BCUT2D eigenvalue weighted by atomic mass is 35.5. The molecule has 1 saturated heterocycles. The van der Waals surface area contributed by atoms with Crippen molar-refractivity contribution in [1.29, 1.82) is 0 Å². The fraction of sp³-hybridized carbons (Fsp3) is 0.643. The Hall–Kier alpha value is -0.555. The summed E-state index contributed by atoms with van der Waals surface area (Å²) in [7, 11) is 4.84. The van der Waals surface area contributed by atoms with Crippen molar-refractivity contribution in [1.82, 2.24) is 4.81 Å². The zero-order chi connectivity index (χ0) is 15.2. The quantitative estimate of drug-likeness (QED) is 0.438. The fourth-order valence-electron chi connectivity index (χ4n) is 2.66. The number of rotatable bonds is 7. The van der Waals surface area contributed by atoms with Gasteiger partial charge in [0.05, 0.1) is 7.11 Å². The first-order valence-corrected chi connectivity index (χ1v) is 8.34. The van der Waals surface area contributed by atoms with Crippen LogP contribution in [0.4, 0.5) is 0 Å². The molecule has 1 fully saturated rings. The summed E-state index contributed by atoms with van der Waals surface area (Å²) in [5.74, 6) is -0.260. The molecule has 4 nitrogen and oxygen atoms in total. The summed E-state index contributed by atoms with van der Waals surface area (Å²) in [6.07, 6.45) is 4.03. The van der Waals surface area contributed by atoms with Crippen molar-refractivity contribution in [3.8, 4) is 0 Å². The summed E-state index contributed by atoms with van der Waals surface area (Å²) in [6, 6.07) is 4.17. The highest BCUT2D eigenvalue weighted by Gasteiger charge is 2.32. The van der Waals surface area contributed by atoms with E-state index in [-0.39, 0.29) is 11.3 Å². The number of hydrogen-bond donors (Lipinski definition) is 0. The standard InChI is InChI=1S/C14H20BClNO3S/c1-19-14(18)13-7-6-10(21-13)4-3-5-12-11(16)8-9-17(12)15-20-2/h6-7,11-12H,3-5,8-9H2,1-2H3/t11?,12-/m0/s1. The molecule has 0 amide bonds. The topological polar surface area (TPSA) is 38.8 Å². The third kappa shape index (κ3) is 4.46. The molecule has 1 aliphatic heterocycles. The van der Waals surface area contributed by atoms with Crippen LogP contribution in [0.25, 0.3) is 0 Å². The minimum atomic E-state index is -0.260. The number of methoxy groups -OCH3 is 1. The van der Waals surface area contributed by atoms with Crippen molar-refractivity contribution in [2.24, 2.45) is 0 Å². The fourth-order valence-corrected chi connectivity index (χ4v) is 4.00. The highest BCUT2D eigenvalue weighted by molar-refractivity contribution is 7.13. The molecule has 1 aliphatic rings. The number of hydrogen-bond acceptors (Lipinski definition) is 5. The first-order valence-electron chi connectivity index (χ1n) is 7.08. The third-order valence-electron chi connectivity index (χ3n) is 3.72. The molecule has 1 aromatic heterocycles. The first-order chi connectivity index (χ1) is 10.2. The van der Waals surface area contributed by atoms with Crippen LogP contribution < -0.4 is 0 Å². The molecular weight excluding hydrogens is 308 g/mol. The summed E-state index contributed by atoms with van der Waals surface area (Å²) < 4.78 is 9.82. The van der Waals surface area contributed by atoms with Gasteiger partial charge in [-0.1, -0.05) is 0 Å². The lowest BCUT2D eigenvalue weighted by Gasteiger charge is -2.24. The smallest absolute Gasteiger partial charge is 0.398 e. The van der Waals surface area contributed by atoms with E-state index in [9.17, 15) is 4.79 Å². The van der Waals surface area contributed by atoms with Gasteiger partial charge in [-0.2, -0.15) is 0 Å². The molecule has 2 atom stereocenters. The molecule has 1 unspecified atom stereocenters. The SMILES string of the molecule is CO[B]N1CCC(Cl)[C@@H]1CCCc1ccc(C(=O)OC)s1. The Labute approximate surface area is 135 Å². The van der Waals surface area contributed by atoms with Crippen molar-refractivity contribution in [2.75, 3.05) is 20.8 Å². The molecule has 2 rings (SSSR count). The number of thiophene rings is 1. The zero-order valence-electron chi connectivity index (χ0n) is 12.4. The molecule has 1 aromatic rings. The molecule has 0 N–H and O–H groups in total. The van der Waals surface area contributed by atoms with Gasteiger partial charge in [-0.05, 0) is 44.4 Å². The molecule has 0 spiro atoms. The molecule has 2 heterocycles. The van der Waals surface area contributed by atoms with Crippen LogP contribution in [-0.4, -0.2) is 50.6 Å². The second-order valence-corrected chi connectivity index (χ2v) is 6.83. The second-order valence-electron chi connectivity index (χ2n) is 5.10. The van der Waals surface area contributed by atoms with Crippen LogP contribution in [0.1, 0.15) is 33.8 Å². The summed E-state index contributed by atoms with van der Waals surface area (Å²) in [5.41, 5.74) is 0. The van der Waals surface area contributed by atoms with Crippen molar-refractivity contribution in [3.63, 3.8) is 0 Å². The van der Waals surface area contributed by atoms with Crippen LogP contribution in [0.2, 0.25) is 0 Å². The van der Waals surface area contributed by atoms with Crippen LogP contribution >= 0.6 is 22.9 Å². The number of carbonyl (C=O) groups is 1. The number of alkyl halides is 1. The minimum absolute atomic E-state index is 0.186. The maximum Gasteiger partial charge on any atom is 0.398 e. The molecular formula is C14H20BClNO3S. The summed E-state index contributed by atoms with van der Waals surface area (Å²) in [5, 5.41) is 0.186. The predicted octanol–water partition coefficient (Wildman–Crippen LogP) is 2.72. The third-order valence-corrected chi connectivity index (χ3v) is 5.35. The van der Waals surface area contributed by atoms with Gasteiger partial charge in [0, 0.05) is 23.4 Å². The van der Waals surface area contributed by atoms with E-state index in [1.165, 1.54) is 23.3 Å². The van der Waals surface area contributed by atoms with Crippen molar-refractivity contribution in [3.05, 3.63) is 21.9 Å². The number of halogens is 1. The maximum atomic E-state index is 11.4. The number of nitrogens with zero attached hydrogens (tertiary/aromatic N) is 1. The number of esters is 1. The average Bonchev–Trinajstić information content (AvgIpc) is 3.08. The Balaban J connectivity index is 1.80. The minimum Gasteiger partial charge on any atom is -0.465 e. The molecule has 115 valence electrons. The molecule has 21 heavy (non-hydrogen) atoms. The summed E-state index contributed by atoms with van der Waals surface area (Å²) in [4.78, 5) is 15.5. The lowest BCUT2D eigenvalue weighted by atomic mass is 10.0. The Morgan fingerprint density at radius 3 is 3.05 bits per heavy atom. The molecule has 0 aromatic carbocycles. The lowest BCUT2D eigenvalue weighted by molar-refractivity contribution is 0.0606. The van der Waals surface area contributed by atoms with Crippen LogP contribution in [0.5, 0.6) is 0 Å². The van der Waals surface area contributed by atoms with Crippen LogP contribution in [0.15, 0.2) is 12.1 Å². The van der Waals surface area contributed by atoms with E-state index in [2.05, 4.69) is 4.81 Å². The van der Waals surface area contributed by atoms with E-state index in [4.69, 9.17) is 21.0 Å². The number of carbonyl (C=O) groups excluding carboxylic acids is 1. The second kappa shape index (κ2) is 8.18. The van der Waals surface area contributed by atoms with E-state index in [1.54, 1.807) is 14.7 Å². The Kier molecular flexibility index (Phi) is 6.54. The van der Waals surface area contributed by atoms with Crippen LogP contribution in [0, 0.1) is 0 Å². The lowest BCUT2D eigenvalue weighted by Crippen LogP contribution is -2.37. The van der Waals surface area contributed by atoms with Crippen LogP contribution in [0.3, 0.4) is 0 Å². The van der Waals surface area contributed by atoms with E-state index < -0.39 is 0 Å². The van der Waals surface area contributed by atoms with E-state index >= 15 is 0 Å². The van der Waals surface area contributed by atoms with Gasteiger partial charge in [0.1, 0.15) is 4.88 Å². The summed E-state index contributed by atoms with van der Waals surface area (Å²) in [6.45, 7) is 0.957. The number of aryl methyl sites for hydroxylation is 1. The van der Waals surface area contributed by atoms with Gasteiger partial charge in [0.15, 0.2) is 0 Å². The van der Waals surface area contributed by atoms with Gasteiger partial charge < -0.3 is 14.2 Å². The molecule has 0 bridgehead atoms. The summed E-state index contributed by atoms with van der Waals surface area (Å²) >= 11 is 7.89. The van der Waals surface area contributed by atoms with E-state index in [0.29, 0.717) is 10.9 Å². The normalized spacial score (nSPS) is 22.4. The van der Waals surface area contributed by atoms with Gasteiger partial charge in [-0.15, -0.1) is 22.9 Å². The molecule has 0 saturated carbocycles. The molecule has 0 aliphatic carbocycles. The van der Waals surface area contributed by atoms with E-state index in [1.807, 2.05) is 12.1 Å². The van der Waals surface area contributed by atoms with Crippen molar-refractivity contribution < 1.29 is 14.2 Å². The highest BCUT2D eigenvalue weighted by Crippen LogP contribution is 2.27. The van der Waals surface area contributed by atoms with Gasteiger partial charge in [-0.25, -0.2) is 4.79 Å². The average molecular weight is 329 g/mol. The van der Waals surface area contributed by atoms with Crippen LogP contribution in [-0.2, 0) is 15.8 Å². The van der Waals surface area contributed by atoms with Crippen molar-refractivity contribution >= 4 is 36.5 Å². The largest absolute Gasteiger partial charge is 0.465 e. The monoisotopic (exact) mass is 328 g/mol. The van der Waals surface area contributed by atoms with Crippen molar-refractivity contribution in [2.45, 2.75) is 37.1 Å². The van der Waals surface area contributed by atoms with E-state index in [0.717, 1.165) is 32.2 Å². The molecule has 1 radical (unpaired) electrons. The van der Waals surface area contributed by atoms with Gasteiger partial charge in [0.2, 0.25) is 0 Å². The van der Waals surface area contributed by atoms with Gasteiger partial charge in [0.25, 0.3) is 0 Å². The predicted molar refractivity (Wildman–Crippen MR) is 86.1 cm³/mol. The van der Waals surface area contributed by atoms with Gasteiger partial charge in [-0.3, -0.25) is 0 Å². The Morgan fingerprint density at radius 2 is 2.33 bits per heavy atom. The number of ether oxygens (including phenoxy) is 1. The Bertz CT molecular complexity index is 469. The first kappa shape index (κ1) is 16.8.